The van der Waals surface area contributed by atoms with Gasteiger partial charge in [-0.25, -0.2) is 9.59 Å². The van der Waals surface area contributed by atoms with E-state index in [0.29, 0.717) is 17.8 Å². The smallest absolute Gasteiger partial charge is 0.338 e. The molecule has 0 spiro atoms. The molecule has 2 aliphatic heterocycles. The summed E-state index contributed by atoms with van der Waals surface area (Å²) in [6.45, 7) is 3.38. The molecule has 0 saturated carbocycles. The number of nitrogens with zero attached hydrogens (tertiary/aromatic N) is 1. The predicted molar refractivity (Wildman–Crippen MR) is 111 cm³/mol. The summed E-state index contributed by atoms with van der Waals surface area (Å²) in [5.41, 5.74) is 4.34. The first-order chi connectivity index (χ1) is 14.2. The minimum atomic E-state index is -0.543. The molecule has 6 heteroatoms. The van der Waals surface area contributed by atoms with Crippen LogP contribution in [0.2, 0.25) is 0 Å². The van der Waals surface area contributed by atoms with E-state index in [-0.39, 0.29) is 12.6 Å². The fraction of sp³-hybridized carbons (Fsp3) is 0.304. The molecule has 150 valence electrons. The lowest BCUT2D eigenvalue weighted by Gasteiger charge is -2.35. The average Bonchev–Trinajstić information content (AvgIpc) is 2.74. The van der Waals surface area contributed by atoms with Crippen molar-refractivity contribution in [1.29, 1.82) is 0 Å². The lowest BCUT2D eigenvalue weighted by molar-refractivity contribution is -0.139. The van der Waals surface area contributed by atoms with Crippen LogP contribution in [0.15, 0.2) is 65.9 Å². The van der Waals surface area contributed by atoms with Crippen LogP contribution in [0, 0.1) is 0 Å². The Morgan fingerprint density at radius 3 is 2.69 bits per heavy atom. The molecular formula is C23H25N3O3. The minimum absolute atomic E-state index is 0.275. The predicted octanol–water partition coefficient (Wildman–Crippen LogP) is 3.31. The number of para-hydroxylation sites is 1. The Labute approximate surface area is 170 Å². The van der Waals surface area contributed by atoms with E-state index in [1.165, 1.54) is 5.56 Å². The van der Waals surface area contributed by atoms with Gasteiger partial charge in [-0.1, -0.05) is 48.5 Å². The summed E-state index contributed by atoms with van der Waals surface area (Å²) in [6.07, 6.45) is 2.07. The quantitative estimate of drug-likeness (QED) is 0.767. The zero-order chi connectivity index (χ0) is 20.2. The number of carbonyl (C=O) groups excluding carboxylic acids is 2. The van der Waals surface area contributed by atoms with E-state index in [4.69, 9.17) is 4.74 Å². The highest BCUT2D eigenvalue weighted by Gasteiger charge is 2.34. The summed E-state index contributed by atoms with van der Waals surface area (Å²) in [4.78, 5) is 27.6. The van der Waals surface area contributed by atoms with Crippen molar-refractivity contribution in [2.75, 3.05) is 24.6 Å². The molecule has 4 rings (SSSR count). The van der Waals surface area contributed by atoms with Crippen molar-refractivity contribution in [2.45, 2.75) is 25.8 Å². The van der Waals surface area contributed by atoms with Crippen molar-refractivity contribution >= 4 is 17.7 Å². The van der Waals surface area contributed by atoms with E-state index in [0.717, 1.165) is 30.6 Å². The molecule has 6 nitrogen and oxygen atoms in total. The van der Waals surface area contributed by atoms with Gasteiger partial charge in [-0.2, -0.15) is 0 Å². The van der Waals surface area contributed by atoms with Gasteiger partial charge in [0.1, 0.15) is 0 Å². The Hall–Kier alpha value is -3.28. The molecule has 0 aliphatic carbocycles. The molecule has 0 aromatic heterocycles. The van der Waals surface area contributed by atoms with Crippen LogP contribution in [0.3, 0.4) is 0 Å². The zero-order valence-corrected chi connectivity index (χ0v) is 16.5. The van der Waals surface area contributed by atoms with Crippen molar-refractivity contribution in [3.8, 4) is 0 Å². The van der Waals surface area contributed by atoms with E-state index >= 15 is 0 Å². The Morgan fingerprint density at radius 1 is 1.14 bits per heavy atom. The van der Waals surface area contributed by atoms with Gasteiger partial charge in [-0.05, 0) is 37.0 Å². The van der Waals surface area contributed by atoms with Gasteiger partial charge in [0, 0.05) is 12.2 Å². The Bertz CT molecular complexity index is 939. The number of hydrogen-bond acceptors (Lipinski definition) is 4. The summed E-state index contributed by atoms with van der Waals surface area (Å²) in [6, 6.07) is 16.9. The number of hydrogen-bond donors (Lipinski definition) is 2. The Kier molecular flexibility index (Phi) is 5.51. The number of anilines is 1. The van der Waals surface area contributed by atoms with Crippen LogP contribution in [0.5, 0.6) is 0 Å². The van der Waals surface area contributed by atoms with Gasteiger partial charge in [-0.3, -0.25) is 0 Å². The number of amides is 2. The van der Waals surface area contributed by atoms with Crippen LogP contribution < -0.4 is 15.5 Å². The van der Waals surface area contributed by atoms with Crippen LogP contribution >= 0.6 is 0 Å². The highest BCUT2D eigenvalue weighted by Crippen LogP contribution is 2.31. The average molecular weight is 391 g/mol. The molecule has 2 amide bonds. The molecule has 29 heavy (non-hydrogen) atoms. The second kappa shape index (κ2) is 8.39. The molecule has 0 radical (unpaired) electrons. The number of benzene rings is 2. The lowest BCUT2D eigenvalue weighted by atomic mass is 9.94. The number of fused-ring (bicyclic) bond motifs is 1. The van der Waals surface area contributed by atoms with Gasteiger partial charge >= 0.3 is 12.0 Å². The van der Waals surface area contributed by atoms with E-state index in [1.54, 1.807) is 6.92 Å². The number of ether oxygens (including phenoxy) is 1. The fourth-order valence-electron chi connectivity index (χ4n) is 4.05. The second-order valence-electron chi connectivity index (χ2n) is 7.21. The van der Waals surface area contributed by atoms with E-state index in [1.807, 2.05) is 42.5 Å². The number of rotatable bonds is 5. The summed E-state index contributed by atoms with van der Waals surface area (Å²) in [5, 5.41) is 5.75. The molecule has 2 aromatic carbocycles. The van der Waals surface area contributed by atoms with Crippen LogP contribution in [0.25, 0.3) is 0 Å². The zero-order valence-electron chi connectivity index (χ0n) is 16.5. The summed E-state index contributed by atoms with van der Waals surface area (Å²) in [5.74, 6) is -0.408. The first kappa shape index (κ1) is 19.1. The van der Waals surface area contributed by atoms with Crippen LogP contribution in [-0.4, -0.2) is 31.7 Å². The third-order valence-corrected chi connectivity index (χ3v) is 5.34. The molecule has 2 heterocycles. The van der Waals surface area contributed by atoms with Crippen molar-refractivity contribution < 1.29 is 14.3 Å². The molecule has 2 aromatic rings. The van der Waals surface area contributed by atoms with Crippen LogP contribution in [-0.2, 0) is 16.0 Å². The van der Waals surface area contributed by atoms with Gasteiger partial charge in [0.25, 0.3) is 0 Å². The van der Waals surface area contributed by atoms with Gasteiger partial charge in [-0.15, -0.1) is 0 Å². The maximum absolute atomic E-state index is 12.9. The first-order valence-electron chi connectivity index (χ1n) is 10.0. The molecule has 0 bridgehead atoms. The summed E-state index contributed by atoms with van der Waals surface area (Å²) in [7, 11) is 0. The molecule has 2 aliphatic rings. The first-order valence-corrected chi connectivity index (χ1v) is 10.0. The molecule has 1 unspecified atom stereocenters. The SMILES string of the molecule is CCOC(=O)C1=C(CN2CCCc3ccccc32)NC(=O)NC1c1ccccc1. The number of nitrogens with one attached hydrogen (secondary N) is 2. The second-order valence-corrected chi connectivity index (χ2v) is 7.21. The third kappa shape index (κ3) is 3.97. The molecule has 0 saturated heterocycles. The maximum atomic E-state index is 12.9. The van der Waals surface area contributed by atoms with Crippen molar-refractivity contribution in [2.24, 2.45) is 0 Å². The maximum Gasteiger partial charge on any atom is 0.338 e. The topological polar surface area (TPSA) is 70.7 Å². The largest absolute Gasteiger partial charge is 0.463 e. The Morgan fingerprint density at radius 2 is 1.90 bits per heavy atom. The van der Waals surface area contributed by atoms with Gasteiger partial charge in [0.05, 0.1) is 30.5 Å². The molecular weight excluding hydrogens is 366 g/mol. The number of carbonyl (C=O) groups is 2. The third-order valence-electron chi connectivity index (χ3n) is 5.34. The van der Waals surface area contributed by atoms with Crippen LogP contribution in [0.4, 0.5) is 10.5 Å². The summed E-state index contributed by atoms with van der Waals surface area (Å²) < 4.78 is 5.35. The summed E-state index contributed by atoms with van der Waals surface area (Å²) >= 11 is 0. The normalized spacial score (nSPS) is 18.6. The van der Waals surface area contributed by atoms with E-state index in [9.17, 15) is 9.59 Å². The van der Waals surface area contributed by atoms with Gasteiger partial charge in [0.15, 0.2) is 0 Å². The van der Waals surface area contributed by atoms with Crippen molar-refractivity contribution in [3.63, 3.8) is 0 Å². The highest BCUT2D eigenvalue weighted by molar-refractivity contribution is 5.95. The monoisotopic (exact) mass is 391 g/mol. The molecule has 0 fully saturated rings. The highest BCUT2D eigenvalue weighted by atomic mass is 16.5. The van der Waals surface area contributed by atoms with E-state index in [2.05, 4.69) is 27.7 Å². The molecule has 2 N–H and O–H groups in total. The van der Waals surface area contributed by atoms with Crippen molar-refractivity contribution in [1.82, 2.24) is 10.6 Å². The van der Waals surface area contributed by atoms with Crippen LogP contribution in [0.1, 0.15) is 30.5 Å². The number of esters is 1. The van der Waals surface area contributed by atoms with Gasteiger partial charge in [0.2, 0.25) is 0 Å². The number of urea groups is 1. The number of aryl methyl sites for hydroxylation is 1. The Balaban J connectivity index is 1.74. The standard InChI is InChI=1S/C23H25N3O3/c1-2-29-22(27)20-18(15-26-14-8-12-16-9-6-7-13-19(16)26)24-23(28)25-21(20)17-10-4-3-5-11-17/h3-7,9-11,13,21H,2,8,12,14-15H2,1H3,(H2,24,25,28). The lowest BCUT2D eigenvalue weighted by Crippen LogP contribution is -2.49. The minimum Gasteiger partial charge on any atom is -0.463 e. The van der Waals surface area contributed by atoms with Gasteiger partial charge < -0.3 is 20.3 Å². The fourth-order valence-corrected chi connectivity index (χ4v) is 4.05. The van der Waals surface area contributed by atoms with E-state index < -0.39 is 12.0 Å². The van der Waals surface area contributed by atoms with Crippen molar-refractivity contribution in [3.05, 3.63) is 77.0 Å². The molecule has 1 atom stereocenters.